The minimum Gasteiger partial charge on any atom is -0.479 e. The van der Waals surface area contributed by atoms with Crippen LogP contribution in [0.25, 0.3) is 11.0 Å². The zero-order chi connectivity index (χ0) is 21.3. The summed E-state index contributed by atoms with van der Waals surface area (Å²) in [5, 5.41) is 15.9. The van der Waals surface area contributed by atoms with Crippen molar-refractivity contribution < 1.29 is 19.5 Å². The van der Waals surface area contributed by atoms with Crippen molar-refractivity contribution in [1.82, 2.24) is 14.9 Å². The Bertz CT molecular complexity index is 1070. The lowest BCUT2D eigenvalue weighted by Gasteiger charge is -2.41. The number of oxime groups is 1. The maximum Gasteiger partial charge on any atom is 0.344 e. The fourth-order valence-electron chi connectivity index (χ4n) is 4.47. The second-order valence-electron chi connectivity index (χ2n) is 7.71. The summed E-state index contributed by atoms with van der Waals surface area (Å²) in [6, 6.07) is 7.81. The van der Waals surface area contributed by atoms with E-state index < -0.39 is 29.8 Å². The van der Waals surface area contributed by atoms with E-state index in [1.165, 1.54) is 6.42 Å². The van der Waals surface area contributed by atoms with Gasteiger partial charge >= 0.3 is 5.97 Å². The molecule has 0 saturated carbocycles. The third-order valence-corrected chi connectivity index (χ3v) is 5.65. The molecule has 2 bridgehead atoms. The molecule has 1 aromatic carbocycles. The molecule has 2 aliphatic rings. The van der Waals surface area contributed by atoms with E-state index in [1.54, 1.807) is 16.7 Å². The highest BCUT2D eigenvalue weighted by atomic mass is 16.6. The zero-order valence-corrected chi connectivity index (χ0v) is 16.3. The highest BCUT2D eigenvalue weighted by Crippen LogP contribution is 2.33. The van der Waals surface area contributed by atoms with Crippen molar-refractivity contribution in [3.8, 4) is 0 Å². The standard InChI is InChI=1S/C20H23N5O5/c21-19(28)17(24-30-10-16(26)27)18-20(29)25(15-7-2-1-6-14(15)23-18)13-8-11-4-3-5-12(9-13)22-11/h1-2,6-7,11-13,22H,3-5,8-10H2,(H2,21,28)(H,26,27)/b24-17-. The number of para-hydroxylation sites is 2. The van der Waals surface area contributed by atoms with Crippen molar-refractivity contribution in [1.29, 1.82) is 0 Å². The van der Waals surface area contributed by atoms with E-state index in [-0.39, 0.29) is 11.7 Å². The van der Waals surface area contributed by atoms with Gasteiger partial charge in [-0.25, -0.2) is 9.78 Å². The minimum absolute atomic E-state index is 0.0604. The Labute approximate surface area is 171 Å². The lowest BCUT2D eigenvalue weighted by Crippen LogP contribution is -2.50. The molecule has 0 spiro atoms. The van der Waals surface area contributed by atoms with Crippen molar-refractivity contribution in [2.75, 3.05) is 6.61 Å². The number of aromatic nitrogens is 2. The number of aliphatic carboxylic acids is 1. The van der Waals surface area contributed by atoms with Crippen LogP contribution >= 0.6 is 0 Å². The Morgan fingerprint density at radius 1 is 1.27 bits per heavy atom. The van der Waals surface area contributed by atoms with Crippen LogP contribution in [0.3, 0.4) is 0 Å². The van der Waals surface area contributed by atoms with Crippen LogP contribution < -0.4 is 16.6 Å². The first kappa shape index (κ1) is 20.0. The van der Waals surface area contributed by atoms with Gasteiger partial charge in [-0.2, -0.15) is 0 Å². The summed E-state index contributed by atoms with van der Waals surface area (Å²) < 4.78 is 1.68. The van der Waals surface area contributed by atoms with Crippen molar-refractivity contribution >= 4 is 28.6 Å². The number of carboxylic acids is 1. The zero-order valence-electron chi connectivity index (χ0n) is 16.3. The number of rotatable bonds is 6. The minimum atomic E-state index is -1.27. The molecule has 0 aliphatic carbocycles. The van der Waals surface area contributed by atoms with Gasteiger partial charge in [0, 0.05) is 18.1 Å². The van der Waals surface area contributed by atoms with Crippen LogP contribution in [0.1, 0.15) is 43.8 Å². The lowest BCUT2D eigenvalue weighted by molar-refractivity contribution is -0.142. The Hall–Kier alpha value is -3.27. The van der Waals surface area contributed by atoms with E-state index in [0.29, 0.717) is 23.1 Å². The van der Waals surface area contributed by atoms with Gasteiger partial charge in [-0.05, 0) is 37.8 Å². The summed E-state index contributed by atoms with van der Waals surface area (Å²) in [4.78, 5) is 45.1. The average molecular weight is 413 g/mol. The molecule has 1 aromatic heterocycles. The molecule has 10 nitrogen and oxygen atoms in total. The SMILES string of the molecule is NC(=O)/C(=N\OCC(=O)O)c1nc2ccccc2n(C2CC3CCCC(C2)N3)c1=O. The molecule has 2 aromatic rings. The fourth-order valence-corrected chi connectivity index (χ4v) is 4.47. The van der Waals surface area contributed by atoms with Crippen LogP contribution in [0.15, 0.2) is 34.2 Å². The molecule has 2 aliphatic heterocycles. The van der Waals surface area contributed by atoms with Crippen LogP contribution in [0.2, 0.25) is 0 Å². The van der Waals surface area contributed by atoms with Gasteiger partial charge in [-0.1, -0.05) is 23.7 Å². The van der Waals surface area contributed by atoms with Gasteiger partial charge in [-0.3, -0.25) is 9.59 Å². The number of carbonyl (C=O) groups is 2. The lowest BCUT2D eigenvalue weighted by atomic mass is 9.84. The van der Waals surface area contributed by atoms with E-state index in [4.69, 9.17) is 10.8 Å². The number of fused-ring (bicyclic) bond motifs is 3. The number of primary amides is 1. The normalized spacial score (nSPS) is 23.9. The van der Waals surface area contributed by atoms with Gasteiger partial charge in [0.2, 0.25) is 6.61 Å². The Morgan fingerprint density at radius 2 is 1.97 bits per heavy atom. The number of amides is 1. The summed E-state index contributed by atoms with van der Waals surface area (Å²) in [7, 11) is 0. The third kappa shape index (κ3) is 3.90. The van der Waals surface area contributed by atoms with Gasteiger partial charge in [0.15, 0.2) is 11.4 Å². The molecule has 4 rings (SSSR count). The van der Waals surface area contributed by atoms with Gasteiger partial charge < -0.3 is 25.6 Å². The molecule has 1 amide bonds. The van der Waals surface area contributed by atoms with Gasteiger partial charge in [-0.15, -0.1) is 0 Å². The first-order valence-electron chi connectivity index (χ1n) is 9.93. The highest BCUT2D eigenvalue weighted by molar-refractivity contribution is 6.44. The van der Waals surface area contributed by atoms with Crippen LogP contribution in [-0.4, -0.2) is 50.9 Å². The third-order valence-electron chi connectivity index (χ3n) is 5.65. The molecular formula is C20H23N5O5. The number of nitrogens with zero attached hydrogens (tertiary/aromatic N) is 3. The second kappa shape index (κ2) is 8.23. The van der Waals surface area contributed by atoms with Crippen molar-refractivity contribution in [3.05, 3.63) is 40.3 Å². The Balaban J connectivity index is 1.84. The molecule has 0 radical (unpaired) electrons. The number of nitrogens with two attached hydrogens (primary N) is 1. The van der Waals surface area contributed by atoms with E-state index in [1.807, 2.05) is 12.1 Å². The van der Waals surface area contributed by atoms with E-state index >= 15 is 0 Å². The van der Waals surface area contributed by atoms with Crippen molar-refractivity contribution in [2.24, 2.45) is 10.9 Å². The van der Waals surface area contributed by atoms with E-state index in [2.05, 4.69) is 20.3 Å². The molecule has 158 valence electrons. The average Bonchev–Trinajstić information content (AvgIpc) is 2.70. The second-order valence-corrected chi connectivity index (χ2v) is 7.71. The summed E-state index contributed by atoms with van der Waals surface area (Å²) in [5.74, 6) is -2.29. The predicted molar refractivity (Wildman–Crippen MR) is 108 cm³/mol. The van der Waals surface area contributed by atoms with Crippen LogP contribution in [0, 0.1) is 0 Å². The first-order valence-corrected chi connectivity index (χ1v) is 9.93. The monoisotopic (exact) mass is 413 g/mol. The maximum atomic E-state index is 13.5. The molecule has 3 heterocycles. The molecular weight excluding hydrogens is 390 g/mol. The smallest absolute Gasteiger partial charge is 0.344 e. The predicted octanol–water partition coefficient (Wildman–Crippen LogP) is 0.533. The summed E-state index contributed by atoms with van der Waals surface area (Å²) in [6.07, 6.45) is 4.89. The Kier molecular flexibility index (Phi) is 5.49. The van der Waals surface area contributed by atoms with Crippen molar-refractivity contribution in [2.45, 2.75) is 50.2 Å². The van der Waals surface area contributed by atoms with Gasteiger partial charge in [0.1, 0.15) is 0 Å². The fraction of sp³-hybridized carbons (Fsp3) is 0.450. The molecule has 4 N–H and O–H groups in total. The summed E-state index contributed by atoms with van der Waals surface area (Å²) in [5.41, 5.74) is 5.37. The van der Waals surface area contributed by atoms with Crippen molar-refractivity contribution in [3.63, 3.8) is 0 Å². The molecule has 2 fully saturated rings. The molecule has 2 atom stereocenters. The van der Waals surface area contributed by atoms with E-state index in [9.17, 15) is 14.4 Å². The van der Waals surface area contributed by atoms with Gasteiger partial charge in [0.05, 0.1) is 11.0 Å². The van der Waals surface area contributed by atoms with Crippen LogP contribution in [-0.2, 0) is 14.4 Å². The number of hydrogen-bond acceptors (Lipinski definition) is 7. The quantitative estimate of drug-likeness (QED) is 0.462. The number of nitrogens with one attached hydrogen (secondary N) is 1. The molecule has 2 unspecified atom stereocenters. The largest absolute Gasteiger partial charge is 0.479 e. The van der Waals surface area contributed by atoms with E-state index in [0.717, 1.165) is 25.7 Å². The van der Waals surface area contributed by atoms with Gasteiger partial charge in [0.25, 0.3) is 11.5 Å². The topological polar surface area (TPSA) is 149 Å². The van der Waals surface area contributed by atoms with Crippen LogP contribution in [0.4, 0.5) is 0 Å². The van der Waals surface area contributed by atoms with Crippen LogP contribution in [0.5, 0.6) is 0 Å². The molecule has 30 heavy (non-hydrogen) atoms. The first-order chi connectivity index (χ1) is 14.4. The number of carbonyl (C=O) groups excluding carboxylic acids is 1. The number of carboxylic acid groups (broad SMARTS) is 1. The maximum absolute atomic E-state index is 13.5. The Morgan fingerprint density at radius 3 is 2.63 bits per heavy atom. The number of hydrogen-bond donors (Lipinski definition) is 3. The highest BCUT2D eigenvalue weighted by Gasteiger charge is 2.34. The number of benzene rings is 1. The summed E-state index contributed by atoms with van der Waals surface area (Å²) in [6.45, 7) is -0.768. The molecule has 2 saturated heterocycles. The summed E-state index contributed by atoms with van der Waals surface area (Å²) >= 11 is 0. The molecule has 10 heteroatoms. The number of piperidine rings is 2.